The Hall–Kier alpha value is -0.940. The summed E-state index contributed by atoms with van der Waals surface area (Å²) in [7, 11) is 1.33. The summed E-state index contributed by atoms with van der Waals surface area (Å²) in [4.78, 5) is 11.1. The number of esters is 1. The van der Waals surface area contributed by atoms with Gasteiger partial charge in [0.25, 0.3) is 0 Å². The highest BCUT2D eigenvalue weighted by Crippen LogP contribution is 2.16. The lowest BCUT2D eigenvalue weighted by Crippen LogP contribution is -2.34. The Balaban J connectivity index is 2.55. The van der Waals surface area contributed by atoms with Crippen molar-refractivity contribution < 1.29 is 13.9 Å². The Morgan fingerprint density at radius 2 is 2.31 bits per heavy atom. The van der Waals surface area contributed by atoms with E-state index in [1.165, 1.54) is 13.2 Å². The number of halogens is 2. The predicted molar refractivity (Wildman–Crippen MR) is 62.4 cm³/mol. The third-order valence-corrected chi connectivity index (χ3v) is 2.79. The third-order valence-electron chi connectivity index (χ3n) is 2.15. The second kappa shape index (κ2) is 5.96. The zero-order valence-electron chi connectivity index (χ0n) is 9.09. The van der Waals surface area contributed by atoms with E-state index in [0.29, 0.717) is 11.0 Å². The highest BCUT2D eigenvalue weighted by atomic mass is 79.9. The molecular formula is C11H13BrFNO2. The van der Waals surface area contributed by atoms with Crippen LogP contribution in [0.3, 0.4) is 0 Å². The van der Waals surface area contributed by atoms with Crippen molar-refractivity contribution in [2.75, 3.05) is 7.11 Å². The van der Waals surface area contributed by atoms with Gasteiger partial charge in [-0.15, -0.1) is 0 Å². The molecule has 0 fully saturated rings. The maximum atomic E-state index is 13.2. The van der Waals surface area contributed by atoms with Crippen LogP contribution in [-0.2, 0) is 16.1 Å². The van der Waals surface area contributed by atoms with Crippen molar-refractivity contribution in [3.63, 3.8) is 0 Å². The van der Waals surface area contributed by atoms with Gasteiger partial charge in [0.05, 0.1) is 11.6 Å². The first-order valence-electron chi connectivity index (χ1n) is 4.79. The van der Waals surface area contributed by atoms with Crippen molar-refractivity contribution in [1.82, 2.24) is 5.32 Å². The number of rotatable bonds is 4. The molecule has 0 bridgehead atoms. The van der Waals surface area contributed by atoms with Crippen LogP contribution in [0.15, 0.2) is 22.7 Å². The van der Waals surface area contributed by atoms with Gasteiger partial charge in [0.1, 0.15) is 11.9 Å². The molecule has 1 rings (SSSR count). The van der Waals surface area contributed by atoms with Crippen LogP contribution in [-0.4, -0.2) is 19.1 Å². The van der Waals surface area contributed by atoms with E-state index in [2.05, 4.69) is 26.0 Å². The summed E-state index contributed by atoms with van der Waals surface area (Å²) < 4.78 is 18.2. The third kappa shape index (κ3) is 3.57. The van der Waals surface area contributed by atoms with Crippen LogP contribution in [0.25, 0.3) is 0 Å². The standard InChI is InChI=1S/C11H13BrFNO2/c1-7(11(15)16-2)14-6-8-3-4-9(12)10(13)5-8/h3-5,7,14H,6H2,1-2H3/t7-/m0/s1. The van der Waals surface area contributed by atoms with E-state index in [1.54, 1.807) is 19.1 Å². The van der Waals surface area contributed by atoms with Crippen molar-refractivity contribution in [2.24, 2.45) is 0 Å². The molecule has 16 heavy (non-hydrogen) atoms. The van der Waals surface area contributed by atoms with Crippen molar-refractivity contribution in [1.29, 1.82) is 0 Å². The summed E-state index contributed by atoms with van der Waals surface area (Å²) in [5.41, 5.74) is 0.774. The molecule has 0 spiro atoms. The van der Waals surface area contributed by atoms with Crippen LogP contribution in [0.5, 0.6) is 0 Å². The summed E-state index contributed by atoms with van der Waals surface area (Å²) in [6.07, 6.45) is 0. The molecule has 0 radical (unpaired) electrons. The Morgan fingerprint density at radius 3 is 2.88 bits per heavy atom. The Kier molecular flexibility index (Phi) is 4.89. The fraction of sp³-hybridized carbons (Fsp3) is 0.364. The molecule has 0 saturated heterocycles. The lowest BCUT2D eigenvalue weighted by molar-refractivity contribution is -0.142. The molecule has 88 valence electrons. The van der Waals surface area contributed by atoms with Crippen LogP contribution in [0, 0.1) is 5.82 Å². The minimum absolute atomic E-state index is 0.315. The second-order valence-corrected chi connectivity index (χ2v) is 4.23. The second-order valence-electron chi connectivity index (χ2n) is 3.37. The number of ether oxygens (including phenoxy) is 1. The van der Waals surface area contributed by atoms with Gasteiger partial charge in [-0.05, 0) is 40.5 Å². The zero-order valence-corrected chi connectivity index (χ0v) is 10.7. The van der Waals surface area contributed by atoms with E-state index < -0.39 is 6.04 Å². The van der Waals surface area contributed by atoms with E-state index in [1.807, 2.05) is 0 Å². The molecule has 0 saturated carbocycles. The molecule has 1 aromatic rings. The van der Waals surface area contributed by atoms with Crippen LogP contribution in [0.4, 0.5) is 4.39 Å². The molecule has 1 atom stereocenters. The lowest BCUT2D eigenvalue weighted by Gasteiger charge is -2.11. The van der Waals surface area contributed by atoms with Crippen molar-refractivity contribution in [2.45, 2.75) is 19.5 Å². The number of hydrogen-bond acceptors (Lipinski definition) is 3. The summed E-state index contributed by atoms with van der Waals surface area (Å²) in [5.74, 6) is -0.650. The molecule has 0 heterocycles. The van der Waals surface area contributed by atoms with E-state index in [9.17, 15) is 9.18 Å². The molecular weight excluding hydrogens is 277 g/mol. The number of hydrogen-bond donors (Lipinski definition) is 1. The van der Waals surface area contributed by atoms with Gasteiger partial charge in [0.15, 0.2) is 0 Å². The number of methoxy groups -OCH3 is 1. The normalized spacial score (nSPS) is 12.2. The average molecular weight is 290 g/mol. The fourth-order valence-corrected chi connectivity index (χ4v) is 1.43. The summed E-state index contributed by atoms with van der Waals surface area (Å²) in [5, 5.41) is 2.94. The van der Waals surface area contributed by atoms with Crippen molar-refractivity contribution in [3.8, 4) is 0 Å². The van der Waals surface area contributed by atoms with Crippen LogP contribution in [0.1, 0.15) is 12.5 Å². The Bertz CT molecular complexity index is 384. The number of benzene rings is 1. The molecule has 0 amide bonds. The summed E-state index contributed by atoms with van der Waals surface area (Å²) in [6.45, 7) is 2.11. The maximum absolute atomic E-state index is 13.2. The van der Waals surface area contributed by atoms with Crippen molar-refractivity contribution >= 4 is 21.9 Å². The average Bonchev–Trinajstić information content (AvgIpc) is 2.29. The molecule has 0 aromatic heterocycles. The number of carbonyl (C=O) groups excluding carboxylic acids is 1. The first-order chi connectivity index (χ1) is 7.54. The largest absolute Gasteiger partial charge is 0.468 e. The Morgan fingerprint density at radius 1 is 1.62 bits per heavy atom. The van der Waals surface area contributed by atoms with E-state index in [0.717, 1.165) is 5.56 Å². The first-order valence-corrected chi connectivity index (χ1v) is 5.59. The smallest absolute Gasteiger partial charge is 0.322 e. The maximum Gasteiger partial charge on any atom is 0.322 e. The van der Waals surface area contributed by atoms with Crippen molar-refractivity contribution in [3.05, 3.63) is 34.1 Å². The molecule has 0 aliphatic carbocycles. The van der Waals surface area contributed by atoms with Gasteiger partial charge in [0, 0.05) is 6.54 Å². The molecule has 1 N–H and O–H groups in total. The molecule has 0 aliphatic rings. The minimum atomic E-state index is -0.406. The molecule has 3 nitrogen and oxygen atoms in total. The van der Waals surface area contributed by atoms with Gasteiger partial charge in [-0.3, -0.25) is 4.79 Å². The van der Waals surface area contributed by atoms with Crippen LogP contribution < -0.4 is 5.32 Å². The SMILES string of the molecule is COC(=O)[C@H](C)NCc1ccc(Br)c(F)c1. The van der Waals surface area contributed by atoms with Crippen LogP contribution >= 0.6 is 15.9 Å². The zero-order chi connectivity index (χ0) is 12.1. The molecule has 5 heteroatoms. The van der Waals surface area contributed by atoms with E-state index in [4.69, 9.17) is 0 Å². The first kappa shape index (κ1) is 13.1. The summed E-state index contributed by atoms with van der Waals surface area (Å²) in [6, 6.07) is 4.43. The van der Waals surface area contributed by atoms with Gasteiger partial charge in [-0.25, -0.2) is 4.39 Å². The van der Waals surface area contributed by atoms with Gasteiger partial charge in [-0.1, -0.05) is 6.07 Å². The van der Waals surface area contributed by atoms with E-state index >= 15 is 0 Å². The molecule has 0 unspecified atom stereocenters. The molecule has 0 aliphatic heterocycles. The monoisotopic (exact) mass is 289 g/mol. The van der Waals surface area contributed by atoms with E-state index in [-0.39, 0.29) is 11.8 Å². The van der Waals surface area contributed by atoms with Gasteiger partial charge >= 0.3 is 5.97 Å². The summed E-state index contributed by atoms with van der Waals surface area (Å²) >= 11 is 3.07. The number of nitrogens with one attached hydrogen (secondary N) is 1. The highest BCUT2D eigenvalue weighted by molar-refractivity contribution is 9.10. The van der Waals surface area contributed by atoms with Gasteiger partial charge in [-0.2, -0.15) is 0 Å². The highest BCUT2D eigenvalue weighted by Gasteiger charge is 2.11. The molecule has 1 aromatic carbocycles. The quantitative estimate of drug-likeness (QED) is 0.864. The lowest BCUT2D eigenvalue weighted by atomic mass is 10.2. The van der Waals surface area contributed by atoms with Gasteiger partial charge in [0.2, 0.25) is 0 Å². The fourth-order valence-electron chi connectivity index (χ4n) is 1.18. The minimum Gasteiger partial charge on any atom is -0.468 e. The van der Waals surface area contributed by atoms with Crippen LogP contribution in [0.2, 0.25) is 0 Å². The topological polar surface area (TPSA) is 38.3 Å². The van der Waals surface area contributed by atoms with Gasteiger partial charge < -0.3 is 10.1 Å². The Labute approximate surface area is 102 Å². The number of carbonyl (C=O) groups is 1. The predicted octanol–water partition coefficient (Wildman–Crippen LogP) is 2.24.